The van der Waals surface area contributed by atoms with Gasteiger partial charge in [-0.15, -0.1) is 11.3 Å². The molecule has 0 spiro atoms. The molecule has 1 aliphatic heterocycles. The topological polar surface area (TPSA) is 92.8 Å². The molecule has 0 fully saturated rings. The van der Waals surface area contributed by atoms with E-state index in [1.54, 1.807) is 11.3 Å². The minimum atomic E-state index is -1.21. The Bertz CT molecular complexity index is 936. The number of ether oxygens (including phenoxy) is 1. The van der Waals surface area contributed by atoms with E-state index in [1.165, 1.54) is 19.1 Å². The first kappa shape index (κ1) is 21.3. The normalized spacial score (nSPS) is 14.0. The van der Waals surface area contributed by atoms with Crippen molar-refractivity contribution in [2.24, 2.45) is 0 Å². The van der Waals surface area contributed by atoms with Crippen LogP contribution < -0.4 is 5.32 Å². The molecule has 1 aromatic carbocycles. The molecule has 1 atom stereocenters. The number of rotatable bonds is 7. The number of hydrogen-bond donors (Lipinski definition) is 1. The van der Waals surface area contributed by atoms with Crippen molar-refractivity contribution in [3.63, 3.8) is 0 Å². The lowest BCUT2D eigenvalue weighted by Gasteiger charge is -2.20. The molecule has 1 aromatic heterocycles. The maximum atomic E-state index is 12.5. The monoisotopic (exact) mass is 454 g/mol. The molecular weight excluding hydrogens is 439 g/mol. The van der Waals surface area contributed by atoms with Crippen LogP contribution in [0.1, 0.15) is 32.5 Å². The number of nitrogens with one attached hydrogen (secondary N) is 1. The minimum Gasteiger partial charge on any atom is -0.454 e. The van der Waals surface area contributed by atoms with Crippen molar-refractivity contribution in [2.45, 2.75) is 19.4 Å². The van der Waals surface area contributed by atoms with Crippen molar-refractivity contribution in [3.8, 4) is 0 Å². The van der Waals surface area contributed by atoms with E-state index in [4.69, 9.17) is 27.9 Å². The molecule has 0 aliphatic carbocycles. The van der Waals surface area contributed by atoms with E-state index >= 15 is 0 Å². The highest BCUT2D eigenvalue weighted by molar-refractivity contribution is 7.09. The summed E-state index contributed by atoms with van der Waals surface area (Å²) in [6.07, 6.45) is 0.675. The Labute approximate surface area is 180 Å². The third kappa shape index (κ3) is 4.60. The van der Waals surface area contributed by atoms with E-state index in [0.29, 0.717) is 13.0 Å². The number of esters is 1. The summed E-state index contributed by atoms with van der Waals surface area (Å²) in [5.74, 6) is -2.69. The molecule has 29 heavy (non-hydrogen) atoms. The molecule has 152 valence electrons. The quantitative estimate of drug-likeness (QED) is 0.512. The molecule has 0 bridgehead atoms. The Balaban J connectivity index is 1.54. The Morgan fingerprint density at radius 1 is 1.17 bits per heavy atom. The third-order valence-electron chi connectivity index (χ3n) is 4.31. The second-order valence-electron chi connectivity index (χ2n) is 6.26. The summed E-state index contributed by atoms with van der Waals surface area (Å²) in [6.45, 7) is 1.25. The van der Waals surface area contributed by atoms with Gasteiger partial charge in [-0.3, -0.25) is 19.3 Å². The van der Waals surface area contributed by atoms with E-state index < -0.39 is 36.3 Å². The predicted molar refractivity (Wildman–Crippen MR) is 108 cm³/mol. The Morgan fingerprint density at radius 2 is 1.79 bits per heavy atom. The summed E-state index contributed by atoms with van der Waals surface area (Å²) < 4.78 is 4.96. The molecule has 0 unspecified atom stereocenters. The van der Waals surface area contributed by atoms with Gasteiger partial charge in [-0.05, 0) is 36.9 Å². The van der Waals surface area contributed by atoms with E-state index in [1.807, 2.05) is 17.5 Å². The number of amides is 3. The van der Waals surface area contributed by atoms with E-state index in [0.717, 1.165) is 9.78 Å². The van der Waals surface area contributed by atoms with Crippen LogP contribution in [0.3, 0.4) is 0 Å². The van der Waals surface area contributed by atoms with Gasteiger partial charge in [0.25, 0.3) is 17.7 Å². The van der Waals surface area contributed by atoms with Crippen LogP contribution in [0.5, 0.6) is 0 Å². The first-order valence-corrected chi connectivity index (χ1v) is 10.3. The highest BCUT2D eigenvalue weighted by Gasteiger charge is 2.42. The Hall–Kier alpha value is -2.42. The van der Waals surface area contributed by atoms with Gasteiger partial charge in [0.1, 0.15) is 6.04 Å². The van der Waals surface area contributed by atoms with Gasteiger partial charge >= 0.3 is 5.97 Å². The molecule has 3 amide bonds. The second-order valence-corrected chi connectivity index (χ2v) is 8.10. The molecule has 7 nitrogen and oxygen atoms in total. The smallest absolute Gasteiger partial charge is 0.329 e. The molecule has 2 heterocycles. The lowest BCUT2D eigenvalue weighted by atomic mass is 10.1. The van der Waals surface area contributed by atoms with Crippen molar-refractivity contribution in [1.29, 1.82) is 0 Å². The number of halogens is 2. The van der Waals surface area contributed by atoms with Crippen molar-refractivity contribution >= 4 is 58.2 Å². The number of fused-ring (bicyclic) bond motifs is 1. The summed E-state index contributed by atoms with van der Waals surface area (Å²) in [4.78, 5) is 51.1. The molecular formula is C19H16Cl2N2O5S. The molecule has 0 radical (unpaired) electrons. The summed E-state index contributed by atoms with van der Waals surface area (Å²) in [7, 11) is 0. The number of thiophene rings is 1. The number of imide groups is 1. The van der Waals surface area contributed by atoms with Crippen LogP contribution in [0.25, 0.3) is 0 Å². The van der Waals surface area contributed by atoms with Crippen molar-refractivity contribution < 1.29 is 23.9 Å². The van der Waals surface area contributed by atoms with Gasteiger partial charge in [0, 0.05) is 11.4 Å². The zero-order valence-electron chi connectivity index (χ0n) is 15.2. The fraction of sp³-hybridized carbons (Fsp3) is 0.263. The van der Waals surface area contributed by atoms with Crippen LogP contribution in [-0.4, -0.2) is 47.8 Å². The zero-order chi connectivity index (χ0) is 21.1. The average molecular weight is 455 g/mol. The van der Waals surface area contributed by atoms with Gasteiger partial charge in [-0.1, -0.05) is 29.3 Å². The molecule has 0 saturated heterocycles. The molecule has 2 aromatic rings. The number of hydrogen-bond acceptors (Lipinski definition) is 6. The highest BCUT2D eigenvalue weighted by Crippen LogP contribution is 2.32. The maximum absolute atomic E-state index is 12.5. The molecule has 0 saturated carbocycles. The van der Waals surface area contributed by atoms with Gasteiger partial charge in [-0.25, -0.2) is 4.79 Å². The van der Waals surface area contributed by atoms with Gasteiger partial charge in [0.2, 0.25) is 0 Å². The third-order valence-corrected chi connectivity index (χ3v) is 5.96. The van der Waals surface area contributed by atoms with Gasteiger partial charge < -0.3 is 10.1 Å². The van der Waals surface area contributed by atoms with E-state index in [9.17, 15) is 19.2 Å². The lowest BCUT2D eigenvalue weighted by Crippen LogP contribution is -2.44. The maximum Gasteiger partial charge on any atom is 0.329 e. The fourth-order valence-corrected chi connectivity index (χ4v) is 3.83. The van der Waals surface area contributed by atoms with Crippen molar-refractivity contribution in [2.75, 3.05) is 13.2 Å². The van der Waals surface area contributed by atoms with Crippen LogP contribution in [0, 0.1) is 0 Å². The number of nitrogens with zero attached hydrogens (tertiary/aromatic N) is 1. The highest BCUT2D eigenvalue weighted by atomic mass is 35.5. The predicted octanol–water partition coefficient (Wildman–Crippen LogP) is 2.94. The fourth-order valence-electron chi connectivity index (χ4n) is 2.80. The standard InChI is InChI=1S/C19H16Cl2N2O5S/c1-10(19(27)28-9-16(24)22-5-4-11-3-2-6-29-11)23-17(25)12-7-14(20)15(21)8-13(12)18(23)26/h2-3,6-8,10H,4-5,9H2,1H3,(H,22,24)/t10-/m0/s1. The largest absolute Gasteiger partial charge is 0.454 e. The van der Waals surface area contributed by atoms with Gasteiger partial charge in [0.05, 0.1) is 21.2 Å². The molecule has 10 heteroatoms. The average Bonchev–Trinajstić information content (AvgIpc) is 3.28. The van der Waals surface area contributed by atoms with E-state index in [-0.39, 0.29) is 21.2 Å². The van der Waals surface area contributed by atoms with Crippen molar-refractivity contribution in [1.82, 2.24) is 10.2 Å². The van der Waals surface area contributed by atoms with Crippen LogP contribution in [0.4, 0.5) is 0 Å². The zero-order valence-corrected chi connectivity index (χ0v) is 17.6. The number of benzene rings is 1. The first-order valence-electron chi connectivity index (χ1n) is 8.62. The van der Waals surface area contributed by atoms with Crippen LogP contribution in [-0.2, 0) is 20.7 Å². The Kier molecular flexibility index (Phi) is 6.56. The van der Waals surface area contributed by atoms with Crippen LogP contribution >= 0.6 is 34.5 Å². The summed E-state index contributed by atoms with van der Waals surface area (Å²) in [6, 6.07) is 5.25. The second kappa shape index (κ2) is 8.94. The van der Waals surface area contributed by atoms with Crippen LogP contribution in [0.15, 0.2) is 29.6 Å². The molecule has 1 N–H and O–H groups in total. The van der Waals surface area contributed by atoms with Gasteiger partial charge in [0.15, 0.2) is 6.61 Å². The Morgan fingerprint density at radius 3 is 2.34 bits per heavy atom. The first-order chi connectivity index (χ1) is 13.8. The van der Waals surface area contributed by atoms with E-state index in [2.05, 4.69) is 5.32 Å². The minimum absolute atomic E-state index is 0.0652. The summed E-state index contributed by atoms with van der Waals surface area (Å²) in [5, 5.41) is 4.84. The number of carbonyl (C=O) groups excluding carboxylic acids is 4. The molecule has 1 aliphatic rings. The van der Waals surface area contributed by atoms with Crippen LogP contribution in [0.2, 0.25) is 10.0 Å². The van der Waals surface area contributed by atoms with Crippen molar-refractivity contribution in [3.05, 3.63) is 55.7 Å². The lowest BCUT2D eigenvalue weighted by molar-refractivity contribution is -0.151. The SMILES string of the molecule is C[C@@H](C(=O)OCC(=O)NCCc1cccs1)N1C(=O)c2cc(Cl)c(Cl)cc2C1=O. The summed E-state index contributed by atoms with van der Waals surface area (Å²) >= 11 is 13.4. The van der Waals surface area contributed by atoms with Gasteiger partial charge in [-0.2, -0.15) is 0 Å². The molecule has 3 rings (SSSR count). The summed E-state index contributed by atoms with van der Waals surface area (Å²) in [5.41, 5.74) is 0.130. The number of carbonyl (C=O) groups is 4.